The van der Waals surface area contributed by atoms with Gasteiger partial charge in [-0.3, -0.25) is 4.79 Å². The van der Waals surface area contributed by atoms with Crippen LogP contribution in [0.4, 0.5) is 5.82 Å². The Kier molecular flexibility index (Phi) is 7.03. The summed E-state index contributed by atoms with van der Waals surface area (Å²) in [6.07, 6.45) is 1.20. The molecule has 0 saturated carbocycles. The standard InChI is InChI=1S/C23H23ClN4O2S2/c1-14-6-11-18(24)22-21(14)26-23(32-22)28-19(13-15(2)27-28)25-20(29)5-4-12-31-17-9-7-16(30-3)8-10-17/h6-11,13H,4-5,12H2,1-3H3,(H,25,29). The lowest BCUT2D eigenvalue weighted by Gasteiger charge is -2.07. The molecule has 0 unspecified atom stereocenters. The molecule has 2 aromatic carbocycles. The minimum atomic E-state index is -0.0446. The zero-order valence-corrected chi connectivity index (χ0v) is 20.4. The Balaban J connectivity index is 1.39. The van der Waals surface area contributed by atoms with Crippen molar-refractivity contribution in [3.8, 4) is 10.9 Å². The van der Waals surface area contributed by atoms with Gasteiger partial charge in [0.15, 0.2) is 0 Å². The maximum atomic E-state index is 12.6. The molecule has 0 fully saturated rings. The largest absolute Gasteiger partial charge is 0.497 e. The van der Waals surface area contributed by atoms with Crippen LogP contribution in [0.2, 0.25) is 5.02 Å². The molecule has 0 spiro atoms. The summed E-state index contributed by atoms with van der Waals surface area (Å²) in [5, 5.41) is 8.86. The number of nitrogens with one attached hydrogen (secondary N) is 1. The second-order valence-electron chi connectivity index (χ2n) is 7.30. The lowest BCUT2D eigenvalue weighted by molar-refractivity contribution is -0.116. The van der Waals surface area contributed by atoms with Crippen LogP contribution in [0.25, 0.3) is 15.3 Å². The summed E-state index contributed by atoms with van der Waals surface area (Å²) in [6, 6.07) is 13.6. The molecular formula is C23H23ClN4O2S2. The number of aryl methyl sites for hydroxylation is 2. The predicted molar refractivity (Wildman–Crippen MR) is 133 cm³/mol. The summed E-state index contributed by atoms with van der Waals surface area (Å²) in [5.41, 5.74) is 2.71. The van der Waals surface area contributed by atoms with Gasteiger partial charge in [0.05, 0.1) is 28.0 Å². The topological polar surface area (TPSA) is 69.0 Å². The van der Waals surface area contributed by atoms with E-state index in [0.717, 1.165) is 44.3 Å². The van der Waals surface area contributed by atoms with Crippen LogP contribution < -0.4 is 10.1 Å². The van der Waals surface area contributed by atoms with Crippen LogP contribution in [0.15, 0.2) is 47.4 Å². The molecule has 0 radical (unpaired) electrons. The van der Waals surface area contributed by atoms with Crippen LogP contribution in [0.5, 0.6) is 5.75 Å². The van der Waals surface area contributed by atoms with E-state index in [0.29, 0.717) is 22.4 Å². The van der Waals surface area contributed by atoms with E-state index in [4.69, 9.17) is 21.3 Å². The number of hydrogen-bond donors (Lipinski definition) is 1. The van der Waals surface area contributed by atoms with Crippen molar-refractivity contribution in [1.29, 1.82) is 0 Å². The first-order chi connectivity index (χ1) is 15.4. The van der Waals surface area contributed by atoms with Crippen LogP contribution in [0, 0.1) is 13.8 Å². The van der Waals surface area contributed by atoms with Gasteiger partial charge in [0, 0.05) is 17.4 Å². The van der Waals surface area contributed by atoms with Gasteiger partial charge in [0.2, 0.25) is 11.0 Å². The van der Waals surface area contributed by atoms with Gasteiger partial charge in [-0.15, -0.1) is 11.8 Å². The average Bonchev–Trinajstić information content (AvgIpc) is 3.39. The molecule has 0 bridgehead atoms. The van der Waals surface area contributed by atoms with Crippen LogP contribution in [0.1, 0.15) is 24.1 Å². The Morgan fingerprint density at radius 3 is 2.72 bits per heavy atom. The number of ether oxygens (including phenoxy) is 1. The number of halogens is 1. The fourth-order valence-corrected chi connectivity index (χ4v) is 5.35. The lowest BCUT2D eigenvalue weighted by atomic mass is 10.2. The van der Waals surface area contributed by atoms with E-state index in [1.54, 1.807) is 23.6 Å². The molecule has 166 valence electrons. The van der Waals surface area contributed by atoms with E-state index in [-0.39, 0.29) is 5.91 Å². The maximum Gasteiger partial charge on any atom is 0.225 e. The molecule has 0 aliphatic heterocycles. The molecule has 9 heteroatoms. The quantitative estimate of drug-likeness (QED) is 0.235. The number of benzene rings is 2. The number of hydrogen-bond acceptors (Lipinski definition) is 6. The monoisotopic (exact) mass is 486 g/mol. The number of methoxy groups -OCH3 is 1. The first kappa shape index (κ1) is 22.6. The van der Waals surface area contributed by atoms with E-state index in [1.807, 2.05) is 56.3 Å². The number of aromatic nitrogens is 3. The fraction of sp³-hybridized carbons (Fsp3) is 0.261. The number of rotatable bonds is 8. The number of fused-ring (bicyclic) bond motifs is 1. The maximum absolute atomic E-state index is 12.6. The van der Waals surface area contributed by atoms with Gasteiger partial charge < -0.3 is 10.1 Å². The molecule has 0 saturated heterocycles. The third-order valence-corrected chi connectivity index (χ3v) is 7.43. The summed E-state index contributed by atoms with van der Waals surface area (Å²) in [4.78, 5) is 18.4. The van der Waals surface area contributed by atoms with Crippen LogP contribution >= 0.6 is 34.7 Å². The predicted octanol–water partition coefficient (Wildman–Crippen LogP) is 6.27. The van der Waals surface area contributed by atoms with Crippen LogP contribution in [-0.2, 0) is 4.79 Å². The lowest BCUT2D eigenvalue weighted by Crippen LogP contribution is -2.14. The molecule has 32 heavy (non-hydrogen) atoms. The molecule has 1 N–H and O–H groups in total. The zero-order chi connectivity index (χ0) is 22.7. The average molecular weight is 487 g/mol. The van der Waals surface area contributed by atoms with Gasteiger partial charge in [-0.1, -0.05) is 29.0 Å². The molecule has 1 amide bonds. The Labute approximate surface area is 200 Å². The Bertz CT molecular complexity index is 1210. The van der Waals surface area contributed by atoms with E-state index < -0.39 is 0 Å². The highest BCUT2D eigenvalue weighted by Gasteiger charge is 2.16. The minimum Gasteiger partial charge on any atom is -0.497 e. The van der Waals surface area contributed by atoms with Crippen LogP contribution in [0.3, 0.4) is 0 Å². The minimum absolute atomic E-state index is 0.0446. The zero-order valence-electron chi connectivity index (χ0n) is 18.0. The Hall–Kier alpha value is -2.55. The highest BCUT2D eigenvalue weighted by Crippen LogP contribution is 2.34. The molecule has 2 heterocycles. The van der Waals surface area contributed by atoms with Gasteiger partial charge in [0.1, 0.15) is 11.6 Å². The SMILES string of the molecule is COc1ccc(SCCCC(=O)Nc2cc(C)nn2-c2nc3c(C)ccc(Cl)c3s2)cc1. The summed E-state index contributed by atoms with van der Waals surface area (Å²) in [7, 11) is 1.65. The van der Waals surface area contributed by atoms with Crippen molar-refractivity contribution in [3.63, 3.8) is 0 Å². The third kappa shape index (κ3) is 5.09. The molecular weight excluding hydrogens is 464 g/mol. The molecule has 4 aromatic rings. The van der Waals surface area contributed by atoms with Gasteiger partial charge in [-0.25, -0.2) is 4.98 Å². The molecule has 0 aliphatic rings. The van der Waals surface area contributed by atoms with Crippen molar-refractivity contribution in [2.24, 2.45) is 0 Å². The summed E-state index contributed by atoms with van der Waals surface area (Å²) in [5.74, 6) is 2.26. The van der Waals surface area contributed by atoms with Crippen LogP contribution in [-0.4, -0.2) is 33.5 Å². The van der Waals surface area contributed by atoms with Crippen molar-refractivity contribution >= 4 is 56.6 Å². The van der Waals surface area contributed by atoms with Gasteiger partial charge >= 0.3 is 0 Å². The highest BCUT2D eigenvalue weighted by atomic mass is 35.5. The number of carbonyl (C=O) groups is 1. The van der Waals surface area contributed by atoms with Crippen molar-refractivity contribution in [3.05, 3.63) is 58.7 Å². The molecule has 6 nitrogen and oxygen atoms in total. The molecule has 2 aromatic heterocycles. The van der Waals surface area contributed by atoms with Gasteiger partial charge in [0.25, 0.3) is 0 Å². The van der Waals surface area contributed by atoms with E-state index in [1.165, 1.54) is 11.3 Å². The Morgan fingerprint density at radius 2 is 2.00 bits per heavy atom. The summed E-state index contributed by atoms with van der Waals surface area (Å²) < 4.78 is 7.77. The van der Waals surface area contributed by atoms with E-state index in [9.17, 15) is 4.79 Å². The third-order valence-electron chi connectivity index (χ3n) is 4.84. The number of amides is 1. The van der Waals surface area contributed by atoms with E-state index in [2.05, 4.69) is 10.4 Å². The summed E-state index contributed by atoms with van der Waals surface area (Å²) >= 11 is 9.54. The number of anilines is 1. The second kappa shape index (κ2) is 9.94. The molecule has 0 atom stereocenters. The molecule has 4 rings (SSSR count). The fourth-order valence-electron chi connectivity index (χ4n) is 3.22. The Morgan fingerprint density at radius 1 is 1.22 bits per heavy atom. The van der Waals surface area contributed by atoms with Crippen molar-refractivity contribution in [2.45, 2.75) is 31.6 Å². The number of nitrogens with zero attached hydrogens (tertiary/aromatic N) is 3. The first-order valence-electron chi connectivity index (χ1n) is 10.1. The number of carbonyl (C=O) groups excluding carboxylic acids is 1. The number of thiazole rings is 1. The molecule has 0 aliphatic carbocycles. The van der Waals surface area contributed by atoms with E-state index >= 15 is 0 Å². The van der Waals surface area contributed by atoms with Crippen molar-refractivity contribution in [2.75, 3.05) is 18.2 Å². The highest BCUT2D eigenvalue weighted by molar-refractivity contribution is 7.99. The normalized spacial score (nSPS) is 11.1. The smallest absolute Gasteiger partial charge is 0.225 e. The van der Waals surface area contributed by atoms with Gasteiger partial charge in [-0.2, -0.15) is 9.78 Å². The summed E-state index contributed by atoms with van der Waals surface area (Å²) in [6.45, 7) is 3.90. The number of thioether (sulfide) groups is 1. The van der Waals surface area contributed by atoms with Crippen molar-refractivity contribution < 1.29 is 9.53 Å². The van der Waals surface area contributed by atoms with Crippen molar-refractivity contribution in [1.82, 2.24) is 14.8 Å². The van der Waals surface area contributed by atoms with Gasteiger partial charge in [-0.05, 0) is 61.9 Å². The second-order valence-corrected chi connectivity index (χ2v) is 9.85. The first-order valence-corrected chi connectivity index (χ1v) is 12.3.